The van der Waals surface area contributed by atoms with Crippen molar-refractivity contribution in [2.45, 2.75) is 19.4 Å². The second kappa shape index (κ2) is 7.76. The highest BCUT2D eigenvalue weighted by Crippen LogP contribution is 1.82. The van der Waals surface area contributed by atoms with Crippen LogP contribution < -0.4 is 11.1 Å². The van der Waals surface area contributed by atoms with Crippen molar-refractivity contribution >= 4 is 5.91 Å². The Morgan fingerprint density at radius 2 is 2.38 bits per heavy atom. The molecule has 0 saturated heterocycles. The molecule has 4 nitrogen and oxygen atoms in total. The molecule has 4 heteroatoms. The summed E-state index contributed by atoms with van der Waals surface area (Å²) in [5.74, 6) is -0.146. The number of hydrogen-bond acceptors (Lipinski definition) is 3. The molecule has 0 bridgehead atoms. The van der Waals surface area contributed by atoms with E-state index in [0.29, 0.717) is 19.8 Å². The minimum atomic E-state index is -0.451. The van der Waals surface area contributed by atoms with Crippen LogP contribution in [0.15, 0.2) is 12.7 Å². The molecule has 76 valence electrons. The van der Waals surface area contributed by atoms with E-state index in [-0.39, 0.29) is 5.91 Å². The van der Waals surface area contributed by atoms with Crippen LogP contribution in [0.3, 0.4) is 0 Å². The Bertz CT molecular complexity index is 158. The smallest absolute Gasteiger partial charge is 0.236 e. The number of ether oxygens (including phenoxy) is 1. The molecule has 0 aliphatic rings. The monoisotopic (exact) mass is 186 g/mol. The largest absolute Gasteiger partial charge is 0.379 e. The highest BCUT2D eigenvalue weighted by molar-refractivity contribution is 5.80. The van der Waals surface area contributed by atoms with E-state index < -0.39 is 6.04 Å². The van der Waals surface area contributed by atoms with Crippen molar-refractivity contribution in [2.75, 3.05) is 19.8 Å². The van der Waals surface area contributed by atoms with Gasteiger partial charge in [0.2, 0.25) is 5.91 Å². The fraction of sp³-hybridized carbons (Fsp3) is 0.667. The second-order valence-corrected chi connectivity index (χ2v) is 2.77. The molecule has 13 heavy (non-hydrogen) atoms. The molecule has 0 unspecified atom stereocenters. The van der Waals surface area contributed by atoms with Gasteiger partial charge in [0.15, 0.2) is 0 Å². The summed E-state index contributed by atoms with van der Waals surface area (Å²) in [5, 5.41) is 2.64. The van der Waals surface area contributed by atoms with Crippen LogP contribution in [-0.2, 0) is 9.53 Å². The van der Waals surface area contributed by atoms with Crippen molar-refractivity contribution in [3.05, 3.63) is 12.7 Å². The summed E-state index contributed by atoms with van der Waals surface area (Å²) in [6.07, 6.45) is 2.63. The Kier molecular flexibility index (Phi) is 7.24. The lowest BCUT2D eigenvalue weighted by Gasteiger charge is -2.07. The van der Waals surface area contributed by atoms with Gasteiger partial charge in [0.25, 0.3) is 0 Å². The van der Waals surface area contributed by atoms with Gasteiger partial charge in [-0.1, -0.05) is 6.08 Å². The summed E-state index contributed by atoms with van der Waals surface area (Å²) < 4.78 is 5.18. The standard InChI is InChI=1S/C9H18N2O2/c1-3-4-6-13-7-5-11-9(12)8(2)10/h3,8H,1,4-7,10H2,2H3,(H,11,12)/t8-/m0/s1. The van der Waals surface area contributed by atoms with E-state index in [4.69, 9.17) is 10.5 Å². The van der Waals surface area contributed by atoms with Gasteiger partial charge in [-0.25, -0.2) is 0 Å². The zero-order valence-electron chi connectivity index (χ0n) is 8.08. The number of hydrogen-bond donors (Lipinski definition) is 2. The third-order valence-corrected chi connectivity index (χ3v) is 1.43. The molecule has 0 aliphatic heterocycles. The molecular weight excluding hydrogens is 168 g/mol. The van der Waals surface area contributed by atoms with E-state index in [1.165, 1.54) is 0 Å². The Hall–Kier alpha value is -0.870. The molecular formula is C9H18N2O2. The third kappa shape index (κ3) is 7.49. The maximum Gasteiger partial charge on any atom is 0.236 e. The third-order valence-electron chi connectivity index (χ3n) is 1.43. The minimum absolute atomic E-state index is 0.146. The average Bonchev–Trinajstić information content (AvgIpc) is 2.10. The fourth-order valence-electron chi connectivity index (χ4n) is 0.676. The van der Waals surface area contributed by atoms with Gasteiger partial charge in [0, 0.05) is 6.54 Å². The van der Waals surface area contributed by atoms with Crippen LogP contribution in [0.5, 0.6) is 0 Å². The van der Waals surface area contributed by atoms with Crippen molar-refractivity contribution in [3.63, 3.8) is 0 Å². The summed E-state index contributed by atoms with van der Waals surface area (Å²) in [6.45, 7) is 6.89. The van der Waals surface area contributed by atoms with Crippen molar-refractivity contribution in [1.29, 1.82) is 0 Å². The number of nitrogens with one attached hydrogen (secondary N) is 1. The molecule has 0 aromatic rings. The summed E-state index contributed by atoms with van der Waals surface area (Å²) in [5.41, 5.74) is 5.33. The average molecular weight is 186 g/mol. The number of nitrogens with two attached hydrogens (primary N) is 1. The number of carbonyl (C=O) groups excluding carboxylic acids is 1. The molecule has 1 amide bonds. The molecule has 0 aromatic carbocycles. The molecule has 0 fully saturated rings. The summed E-state index contributed by atoms with van der Waals surface area (Å²) in [7, 11) is 0. The lowest BCUT2D eigenvalue weighted by Crippen LogP contribution is -2.39. The molecule has 0 spiro atoms. The first-order valence-electron chi connectivity index (χ1n) is 4.40. The van der Waals surface area contributed by atoms with Gasteiger partial charge in [0.1, 0.15) is 0 Å². The highest BCUT2D eigenvalue weighted by atomic mass is 16.5. The molecule has 0 heterocycles. The van der Waals surface area contributed by atoms with Crippen molar-refractivity contribution in [3.8, 4) is 0 Å². The van der Waals surface area contributed by atoms with Gasteiger partial charge in [-0.15, -0.1) is 6.58 Å². The zero-order valence-corrected chi connectivity index (χ0v) is 8.08. The van der Waals surface area contributed by atoms with Crippen LogP contribution in [0.25, 0.3) is 0 Å². The van der Waals surface area contributed by atoms with Crippen molar-refractivity contribution in [2.24, 2.45) is 5.73 Å². The van der Waals surface area contributed by atoms with E-state index in [9.17, 15) is 4.79 Å². The van der Waals surface area contributed by atoms with Gasteiger partial charge in [0.05, 0.1) is 19.3 Å². The maximum absolute atomic E-state index is 10.9. The first-order valence-corrected chi connectivity index (χ1v) is 4.40. The van der Waals surface area contributed by atoms with Crippen LogP contribution in [-0.4, -0.2) is 31.7 Å². The number of carbonyl (C=O) groups is 1. The first kappa shape index (κ1) is 12.1. The predicted molar refractivity (Wildman–Crippen MR) is 52.3 cm³/mol. The molecule has 0 radical (unpaired) electrons. The van der Waals surface area contributed by atoms with Gasteiger partial charge in [-0.05, 0) is 13.3 Å². The van der Waals surface area contributed by atoms with Gasteiger partial charge in [-0.2, -0.15) is 0 Å². The fourth-order valence-corrected chi connectivity index (χ4v) is 0.676. The lowest BCUT2D eigenvalue weighted by atomic mass is 10.3. The Balaban J connectivity index is 3.16. The van der Waals surface area contributed by atoms with Gasteiger partial charge < -0.3 is 15.8 Å². The van der Waals surface area contributed by atoms with E-state index in [1.807, 2.05) is 0 Å². The van der Waals surface area contributed by atoms with E-state index >= 15 is 0 Å². The topological polar surface area (TPSA) is 64.3 Å². The summed E-state index contributed by atoms with van der Waals surface area (Å²) in [6, 6.07) is -0.451. The molecule has 3 N–H and O–H groups in total. The van der Waals surface area contributed by atoms with Crippen LogP contribution in [0.4, 0.5) is 0 Å². The number of rotatable bonds is 7. The highest BCUT2D eigenvalue weighted by Gasteiger charge is 2.04. The van der Waals surface area contributed by atoms with E-state index in [0.717, 1.165) is 6.42 Å². The SMILES string of the molecule is C=CCCOCCNC(=O)[C@H](C)N. The molecule has 0 aromatic heterocycles. The second-order valence-electron chi connectivity index (χ2n) is 2.77. The van der Waals surface area contributed by atoms with Crippen LogP contribution in [0.1, 0.15) is 13.3 Å². The molecule has 1 atom stereocenters. The molecule has 0 aliphatic carbocycles. The summed E-state index contributed by atoms with van der Waals surface area (Å²) >= 11 is 0. The predicted octanol–water partition coefficient (Wildman–Crippen LogP) is 0.0425. The van der Waals surface area contributed by atoms with Crippen LogP contribution in [0, 0.1) is 0 Å². The quantitative estimate of drug-likeness (QED) is 0.436. The van der Waals surface area contributed by atoms with Gasteiger partial charge in [-0.3, -0.25) is 4.79 Å². The van der Waals surface area contributed by atoms with Gasteiger partial charge >= 0.3 is 0 Å². The van der Waals surface area contributed by atoms with Crippen molar-refractivity contribution in [1.82, 2.24) is 5.32 Å². The Morgan fingerprint density at radius 3 is 2.92 bits per heavy atom. The summed E-state index contributed by atoms with van der Waals surface area (Å²) in [4.78, 5) is 10.9. The minimum Gasteiger partial charge on any atom is -0.379 e. The van der Waals surface area contributed by atoms with Crippen LogP contribution >= 0.6 is 0 Å². The number of amides is 1. The first-order chi connectivity index (χ1) is 6.18. The zero-order chi connectivity index (χ0) is 10.1. The van der Waals surface area contributed by atoms with E-state index in [2.05, 4.69) is 11.9 Å². The lowest BCUT2D eigenvalue weighted by molar-refractivity contribution is -0.122. The maximum atomic E-state index is 10.9. The van der Waals surface area contributed by atoms with E-state index in [1.54, 1.807) is 13.0 Å². The van der Waals surface area contributed by atoms with Crippen LogP contribution in [0.2, 0.25) is 0 Å². The normalized spacial score (nSPS) is 12.2. The van der Waals surface area contributed by atoms with Crippen molar-refractivity contribution < 1.29 is 9.53 Å². The molecule has 0 saturated carbocycles. The Morgan fingerprint density at radius 1 is 1.69 bits per heavy atom. The Labute approximate surface area is 79.1 Å². The molecule has 0 rings (SSSR count).